The Morgan fingerprint density at radius 3 is 2.79 bits per heavy atom. The smallest absolute Gasteiger partial charge is 0.247 e. The number of halogens is 1. The van der Waals surface area contributed by atoms with Gasteiger partial charge in [0, 0.05) is 30.0 Å². The lowest BCUT2D eigenvalue weighted by atomic mass is 10.1. The first-order valence-electron chi connectivity index (χ1n) is 8.02. The molecule has 0 bridgehead atoms. The largest absolute Gasteiger partial charge is 0.421 e. The quantitative estimate of drug-likeness (QED) is 0.848. The number of ether oxygens (including phenoxy) is 1. The summed E-state index contributed by atoms with van der Waals surface area (Å²) in [7, 11) is 0. The fourth-order valence-corrected chi connectivity index (χ4v) is 2.80. The first kappa shape index (κ1) is 16.9. The van der Waals surface area contributed by atoms with E-state index in [4.69, 9.17) is 20.8 Å². The molecule has 1 amide bonds. The second kappa shape index (κ2) is 7.32. The highest BCUT2D eigenvalue weighted by molar-refractivity contribution is 6.30. The maximum atomic E-state index is 12.4. The fourth-order valence-electron chi connectivity index (χ4n) is 2.67. The van der Waals surface area contributed by atoms with Gasteiger partial charge in [0.05, 0.1) is 18.8 Å². The molecular formula is C17H20ClN3O3. The van der Waals surface area contributed by atoms with Gasteiger partial charge in [-0.05, 0) is 38.1 Å². The summed E-state index contributed by atoms with van der Waals surface area (Å²) in [5.74, 6) is 0.980. The Hall–Kier alpha value is -1.92. The van der Waals surface area contributed by atoms with E-state index in [0.717, 1.165) is 5.56 Å². The summed E-state index contributed by atoms with van der Waals surface area (Å²) in [5, 5.41) is 8.70. The van der Waals surface area contributed by atoms with Crippen LogP contribution in [0.25, 0.3) is 11.5 Å². The standard InChI is InChI=1S/C17H20ClN3O3/c1-11-10-23-12(2)9-21(11)16(22)8-7-15-19-20-17(24-15)13-3-5-14(18)6-4-13/h3-6,11-12H,7-10H2,1-2H3/t11-,12+/m1/s1. The van der Waals surface area contributed by atoms with Crippen LogP contribution in [0, 0.1) is 0 Å². The van der Waals surface area contributed by atoms with Crippen molar-refractivity contribution in [3.8, 4) is 11.5 Å². The number of rotatable bonds is 4. The molecule has 24 heavy (non-hydrogen) atoms. The molecule has 0 N–H and O–H groups in total. The maximum absolute atomic E-state index is 12.4. The topological polar surface area (TPSA) is 68.5 Å². The Morgan fingerprint density at radius 2 is 2.04 bits per heavy atom. The number of benzene rings is 1. The average Bonchev–Trinajstić information content (AvgIpc) is 3.04. The molecule has 3 rings (SSSR count). The molecule has 1 aliphatic rings. The molecular weight excluding hydrogens is 330 g/mol. The minimum absolute atomic E-state index is 0.0741. The van der Waals surface area contributed by atoms with Crippen molar-refractivity contribution in [2.75, 3.05) is 13.2 Å². The summed E-state index contributed by atoms with van der Waals surface area (Å²) in [4.78, 5) is 14.3. The zero-order valence-corrected chi connectivity index (χ0v) is 14.5. The van der Waals surface area contributed by atoms with Crippen LogP contribution < -0.4 is 0 Å². The number of hydrogen-bond acceptors (Lipinski definition) is 5. The van der Waals surface area contributed by atoms with Crippen LogP contribution in [0.4, 0.5) is 0 Å². The molecule has 128 valence electrons. The Morgan fingerprint density at radius 1 is 1.29 bits per heavy atom. The van der Waals surface area contributed by atoms with E-state index in [-0.39, 0.29) is 18.1 Å². The summed E-state index contributed by atoms with van der Waals surface area (Å²) in [6, 6.07) is 7.28. The molecule has 0 radical (unpaired) electrons. The van der Waals surface area contributed by atoms with Crippen LogP contribution >= 0.6 is 11.6 Å². The van der Waals surface area contributed by atoms with Gasteiger partial charge >= 0.3 is 0 Å². The number of morpholine rings is 1. The van der Waals surface area contributed by atoms with Crippen molar-refractivity contribution in [2.24, 2.45) is 0 Å². The van der Waals surface area contributed by atoms with Crippen LogP contribution in [0.2, 0.25) is 5.02 Å². The van der Waals surface area contributed by atoms with Gasteiger partial charge in [0.2, 0.25) is 17.7 Å². The summed E-state index contributed by atoms with van der Waals surface area (Å²) >= 11 is 5.87. The number of amides is 1. The number of aryl methyl sites for hydroxylation is 1. The fraction of sp³-hybridized carbons (Fsp3) is 0.471. The van der Waals surface area contributed by atoms with E-state index < -0.39 is 0 Å². The van der Waals surface area contributed by atoms with Gasteiger partial charge in [-0.1, -0.05) is 11.6 Å². The van der Waals surface area contributed by atoms with Gasteiger partial charge in [0.25, 0.3) is 0 Å². The third-order valence-electron chi connectivity index (χ3n) is 4.04. The number of aromatic nitrogens is 2. The van der Waals surface area contributed by atoms with E-state index in [0.29, 0.717) is 42.8 Å². The lowest BCUT2D eigenvalue weighted by Crippen LogP contribution is -2.50. The summed E-state index contributed by atoms with van der Waals surface area (Å²) in [5.41, 5.74) is 0.806. The molecule has 0 aliphatic carbocycles. The van der Waals surface area contributed by atoms with E-state index in [1.807, 2.05) is 30.9 Å². The molecule has 7 heteroatoms. The molecule has 2 atom stereocenters. The van der Waals surface area contributed by atoms with Crippen LogP contribution in [0.15, 0.2) is 28.7 Å². The van der Waals surface area contributed by atoms with E-state index >= 15 is 0 Å². The molecule has 1 saturated heterocycles. The first-order valence-corrected chi connectivity index (χ1v) is 8.40. The monoisotopic (exact) mass is 349 g/mol. The van der Waals surface area contributed by atoms with Gasteiger partial charge in [0.15, 0.2) is 0 Å². The van der Waals surface area contributed by atoms with Gasteiger partial charge in [-0.2, -0.15) is 0 Å². The number of nitrogens with zero attached hydrogens (tertiary/aromatic N) is 3. The highest BCUT2D eigenvalue weighted by atomic mass is 35.5. The molecule has 2 aromatic rings. The van der Waals surface area contributed by atoms with Gasteiger partial charge < -0.3 is 14.1 Å². The molecule has 0 saturated carbocycles. The van der Waals surface area contributed by atoms with Crippen molar-refractivity contribution in [1.29, 1.82) is 0 Å². The van der Waals surface area contributed by atoms with Crippen molar-refractivity contribution in [1.82, 2.24) is 15.1 Å². The highest BCUT2D eigenvalue weighted by Crippen LogP contribution is 2.21. The summed E-state index contributed by atoms with van der Waals surface area (Å²) in [6.07, 6.45) is 0.849. The van der Waals surface area contributed by atoms with Crippen LogP contribution in [0.5, 0.6) is 0 Å². The van der Waals surface area contributed by atoms with Crippen molar-refractivity contribution in [2.45, 2.75) is 38.8 Å². The summed E-state index contributed by atoms with van der Waals surface area (Å²) in [6.45, 7) is 5.17. The van der Waals surface area contributed by atoms with Crippen LogP contribution in [-0.2, 0) is 16.0 Å². The summed E-state index contributed by atoms with van der Waals surface area (Å²) < 4.78 is 11.2. The van der Waals surface area contributed by atoms with E-state index in [9.17, 15) is 4.79 Å². The Balaban J connectivity index is 1.59. The van der Waals surface area contributed by atoms with Crippen molar-refractivity contribution in [3.63, 3.8) is 0 Å². The first-order chi connectivity index (χ1) is 11.5. The molecule has 2 heterocycles. The van der Waals surface area contributed by atoms with Gasteiger partial charge in [-0.15, -0.1) is 10.2 Å². The van der Waals surface area contributed by atoms with Crippen molar-refractivity contribution in [3.05, 3.63) is 35.2 Å². The zero-order valence-electron chi connectivity index (χ0n) is 13.7. The van der Waals surface area contributed by atoms with Crippen LogP contribution in [-0.4, -0.2) is 46.3 Å². The zero-order chi connectivity index (χ0) is 17.1. The third kappa shape index (κ3) is 3.94. The van der Waals surface area contributed by atoms with Crippen molar-refractivity contribution >= 4 is 17.5 Å². The maximum Gasteiger partial charge on any atom is 0.247 e. The molecule has 1 aromatic carbocycles. The Labute approximate surface area is 145 Å². The SMILES string of the molecule is C[C@@H]1CO[C@@H](C)CN1C(=O)CCc1nnc(-c2ccc(Cl)cc2)o1. The Kier molecular flexibility index (Phi) is 5.16. The normalized spacial score (nSPS) is 21.0. The number of carbonyl (C=O) groups excluding carboxylic acids is 1. The molecule has 1 aromatic heterocycles. The molecule has 0 unspecified atom stereocenters. The number of hydrogen-bond donors (Lipinski definition) is 0. The minimum atomic E-state index is 0.0741. The number of carbonyl (C=O) groups is 1. The van der Waals surface area contributed by atoms with Crippen LogP contribution in [0.3, 0.4) is 0 Å². The minimum Gasteiger partial charge on any atom is -0.421 e. The molecule has 1 fully saturated rings. The van der Waals surface area contributed by atoms with E-state index in [1.165, 1.54) is 0 Å². The lowest BCUT2D eigenvalue weighted by Gasteiger charge is -2.36. The van der Waals surface area contributed by atoms with E-state index in [1.54, 1.807) is 12.1 Å². The predicted octanol–water partition coefficient (Wildman–Crippen LogP) is 2.96. The third-order valence-corrected chi connectivity index (χ3v) is 4.29. The van der Waals surface area contributed by atoms with Gasteiger partial charge in [0.1, 0.15) is 0 Å². The molecule has 6 nitrogen and oxygen atoms in total. The lowest BCUT2D eigenvalue weighted by molar-refractivity contribution is -0.143. The van der Waals surface area contributed by atoms with E-state index in [2.05, 4.69) is 10.2 Å². The van der Waals surface area contributed by atoms with Crippen LogP contribution in [0.1, 0.15) is 26.2 Å². The average molecular weight is 350 g/mol. The predicted molar refractivity (Wildman–Crippen MR) is 89.7 cm³/mol. The van der Waals surface area contributed by atoms with Crippen molar-refractivity contribution < 1.29 is 13.9 Å². The van der Waals surface area contributed by atoms with Gasteiger partial charge in [-0.25, -0.2) is 0 Å². The second-order valence-electron chi connectivity index (χ2n) is 6.05. The Bertz CT molecular complexity index is 701. The van der Waals surface area contributed by atoms with Gasteiger partial charge in [-0.3, -0.25) is 4.79 Å². The molecule has 0 spiro atoms. The second-order valence-corrected chi connectivity index (χ2v) is 6.48. The highest BCUT2D eigenvalue weighted by Gasteiger charge is 2.27. The molecule has 1 aliphatic heterocycles.